The Kier molecular flexibility index (Phi) is 3.09. The highest BCUT2D eigenvalue weighted by Gasteiger charge is 2.39. The largest absolute Gasteiger partial charge is 0.454 e. The lowest BCUT2D eigenvalue weighted by Gasteiger charge is -2.05. The number of aryl methyl sites for hydroxylation is 1. The van der Waals surface area contributed by atoms with Crippen LogP contribution in [0.15, 0.2) is 40.9 Å². The third kappa shape index (κ3) is 2.23. The Morgan fingerprint density at radius 2 is 1.62 bits per heavy atom. The molecule has 108 valence electrons. The molecule has 6 heteroatoms. The van der Waals surface area contributed by atoms with Crippen LogP contribution in [-0.2, 0) is 7.05 Å². The predicted molar refractivity (Wildman–Crippen MR) is 78.5 cm³/mol. The summed E-state index contributed by atoms with van der Waals surface area (Å²) in [6.07, 6.45) is -4.86. The minimum Gasteiger partial charge on any atom is -0.344 e. The molecule has 0 aliphatic rings. The Bertz CT molecular complexity index is 880. The molecule has 3 aromatic rings. The van der Waals surface area contributed by atoms with Crippen molar-refractivity contribution in [1.29, 1.82) is 0 Å². The van der Waals surface area contributed by atoms with Gasteiger partial charge in [-0.15, -0.1) is 0 Å². The van der Waals surface area contributed by atoms with Crippen molar-refractivity contribution in [3.05, 3.63) is 46.4 Å². The van der Waals surface area contributed by atoms with E-state index in [9.17, 15) is 18.0 Å². The fourth-order valence-electron chi connectivity index (χ4n) is 2.50. The number of carbonyl (C=O) groups is 1. The molecule has 0 fully saturated rings. The summed E-state index contributed by atoms with van der Waals surface area (Å²) in [5.41, 5.74) is 1.33. The maximum absolute atomic E-state index is 12.6. The summed E-state index contributed by atoms with van der Waals surface area (Å²) in [5.74, 6) is -1.82. The summed E-state index contributed by atoms with van der Waals surface area (Å²) in [6, 6.07) is 9.64. The molecule has 2 aromatic carbocycles. The molecule has 0 unspecified atom stereocenters. The van der Waals surface area contributed by atoms with Crippen LogP contribution in [0, 0.1) is 0 Å². The lowest BCUT2D eigenvalue weighted by molar-refractivity contribution is -0.0885. The van der Waals surface area contributed by atoms with Crippen LogP contribution in [0.3, 0.4) is 0 Å². The highest BCUT2D eigenvalue weighted by molar-refractivity contribution is 9.10. The van der Waals surface area contributed by atoms with Gasteiger partial charge in [-0.1, -0.05) is 15.9 Å². The number of ketones is 1. The fraction of sp³-hybridized carbons (Fsp3) is 0.133. The number of rotatable bonds is 1. The van der Waals surface area contributed by atoms with Gasteiger partial charge in [-0.3, -0.25) is 4.79 Å². The van der Waals surface area contributed by atoms with E-state index >= 15 is 0 Å². The van der Waals surface area contributed by atoms with E-state index in [4.69, 9.17) is 0 Å². The van der Waals surface area contributed by atoms with Crippen LogP contribution in [-0.4, -0.2) is 16.5 Å². The second-order valence-electron chi connectivity index (χ2n) is 4.78. The topological polar surface area (TPSA) is 22.0 Å². The van der Waals surface area contributed by atoms with Gasteiger partial charge in [0.15, 0.2) is 0 Å². The van der Waals surface area contributed by atoms with Crippen LogP contribution < -0.4 is 0 Å². The van der Waals surface area contributed by atoms with E-state index in [-0.39, 0.29) is 5.56 Å². The zero-order chi connectivity index (χ0) is 15.4. The molecule has 0 saturated carbocycles. The number of Topliss-reactive ketones (excluding diaryl/α,β-unsaturated/α-hetero) is 1. The molecule has 0 saturated heterocycles. The maximum atomic E-state index is 12.6. The van der Waals surface area contributed by atoms with Crippen LogP contribution in [0.4, 0.5) is 13.2 Å². The smallest absolute Gasteiger partial charge is 0.344 e. The predicted octanol–water partition coefficient (Wildman–Crippen LogP) is 4.84. The highest BCUT2D eigenvalue weighted by Crippen LogP contribution is 2.32. The van der Waals surface area contributed by atoms with Crippen LogP contribution in [0.25, 0.3) is 21.8 Å². The van der Waals surface area contributed by atoms with E-state index in [0.717, 1.165) is 20.9 Å². The number of carbonyl (C=O) groups excluding carboxylic acids is 1. The first-order valence-electron chi connectivity index (χ1n) is 6.08. The van der Waals surface area contributed by atoms with Crippen molar-refractivity contribution in [1.82, 2.24) is 4.57 Å². The van der Waals surface area contributed by atoms with Crippen molar-refractivity contribution in [2.45, 2.75) is 6.18 Å². The number of halogens is 4. The number of benzene rings is 2. The van der Waals surface area contributed by atoms with E-state index in [1.807, 2.05) is 29.8 Å². The Hall–Kier alpha value is -1.82. The average Bonchev–Trinajstić information content (AvgIpc) is 2.69. The van der Waals surface area contributed by atoms with E-state index in [2.05, 4.69) is 15.9 Å². The summed E-state index contributed by atoms with van der Waals surface area (Å²) < 4.78 is 40.4. The standard InChI is InChI=1S/C15H9BrF3NO/c1-20-12-4-2-8(14(21)15(17,18)19)6-10(12)11-7-9(16)3-5-13(11)20/h2-7H,1H3. The van der Waals surface area contributed by atoms with Gasteiger partial charge in [0.05, 0.1) is 0 Å². The third-order valence-corrected chi connectivity index (χ3v) is 3.98. The number of alkyl halides is 3. The normalized spacial score (nSPS) is 12.2. The molecule has 1 aromatic heterocycles. The minimum absolute atomic E-state index is 0.345. The highest BCUT2D eigenvalue weighted by atomic mass is 79.9. The van der Waals surface area contributed by atoms with Crippen molar-refractivity contribution >= 4 is 43.5 Å². The van der Waals surface area contributed by atoms with Crippen molar-refractivity contribution < 1.29 is 18.0 Å². The Labute approximate surface area is 126 Å². The molecule has 0 spiro atoms. The van der Waals surface area contributed by atoms with Crippen molar-refractivity contribution in [2.75, 3.05) is 0 Å². The van der Waals surface area contributed by atoms with Gasteiger partial charge in [0, 0.05) is 38.9 Å². The van der Waals surface area contributed by atoms with Gasteiger partial charge in [-0.05, 0) is 36.4 Å². The maximum Gasteiger partial charge on any atom is 0.454 e. The van der Waals surface area contributed by atoms with Gasteiger partial charge < -0.3 is 4.57 Å². The van der Waals surface area contributed by atoms with Crippen molar-refractivity contribution in [2.24, 2.45) is 7.05 Å². The van der Waals surface area contributed by atoms with E-state index in [0.29, 0.717) is 5.39 Å². The Morgan fingerprint density at radius 3 is 2.24 bits per heavy atom. The lowest BCUT2D eigenvalue weighted by Crippen LogP contribution is -2.22. The monoisotopic (exact) mass is 355 g/mol. The van der Waals surface area contributed by atoms with Crippen LogP contribution in [0.5, 0.6) is 0 Å². The molecule has 2 nitrogen and oxygen atoms in total. The minimum atomic E-state index is -4.86. The second kappa shape index (κ2) is 4.59. The Morgan fingerprint density at radius 1 is 1.05 bits per heavy atom. The third-order valence-electron chi connectivity index (χ3n) is 3.49. The zero-order valence-corrected chi connectivity index (χ0v) is 12.4. The molecular formula is C15H9BrF3NO. The van der Waals surface area contributed by atoms with E-state index in [1.165, 1.54) is 12.1 Å². The quantitative estimate of drug-likeness (QED) is 0.572. The number of hydrogen-bond acceptors (Lipinski definition) is 1. The molecule has 0 amide bonds. The first-order valence-corrected chi connectivity index (χ1v) is 6.87. The summed E-state index contributed by atoms with van der Waals surface area (Å²) in [7, 11) is 1.84. The van der Waals surface area contributed by atoms with Crippen molar-refractivity contribution in [3.8, 4) is 0 Å². The zero-order valence-electron chi connectivity index (χ0n) is 10.8. The Balaban J connectivity index is 2.33. The van der Waals surface area contributed by atoms with Gasteiger partial charge >= 0.3 is 6.18 Å². The summed E-state index contributed by atoms with van der Waals surface area (Å²) in [6.45, 7) is 0. The second-order valence-corrected chi connectivity index (χ2v) is 5.69. The molecule has 0 aliphatic carbocycles. The molecule has 0 N–H and O–H groups in total. The molecule has 0 aliphatic heterocycles. The van der Waals surface area contributed by atoms with Gasteiger partial charge in [0.1, 0.15) is 0 Å². The van der Waals surface area contributed by atoms with Crippen molar-refractivity contribution in [3.63, 3.8) is 0 Å². The van der Waals surface area contributed by atoms with Gasteiger partial charge in [0.25, 0.3) is 5.78 Å². The molecule has 1 heterocycles. The number of aromatic nitrogens is 1. The molecular weight excluding hydrogens is 347 g/mol. The number of fused-ring (bicyclic) bond motifs is 3. The molecule has 0 atom stereocenters. The molecule has 0 bridgehead atoms. The fourth-order valence-corrected chi connectivity index (χ4v) is 2.86. The van der Waals surface area contributed by atoms with E-state index in [1.54, 1.807) is 6.07 Å². The van der Waals surface area contributed by atoms with Crippen LogP contribution in [0.1, 0.15) is 10.4 Å². The van der Waals surface area contributed by atoms with Gasteiger partial charge in [0.2, 0.25) is 0 Å². The molecule has 3 rings (SSSR count). The summed E-state index contributed by atoms with van der Waals surface area (Å²) in [4.78, 5) is 11.4. The first-order chi connectivity index (χ1) is 9.79. The first kappa shape index (κ1) is 14.1. The SMILES string of the molecule is Cn1c2ccc(Br)cc2c2cc(C(=O)C(F)(F)F)ccc21. The summed E-state index contributed by atoms with van der Waals surface area (Å²) >= 11 is 3.35. The molecule has 21 heavy (non-hydrogen) atoms. The van der Waals surface area contributed by atoms with Crippen LogP contribution in [0.2, 0.25) is 0 Å². The molecule has 0 radical (unpaired) electrons. The van der Waals surface area contributed by atoms with E-state index < -0.39 is 12.0 Å². The average molecular weight is 356 g/mol. The van der Waals surface area contributed by atoms with Gasteiger partial charge in [-0.25, -0.2) is 0 Å². The summed E-state index contributed by atoms with van der Waals surface area (Å²) in [5, 5.41) is 1.43. The number of hydrogen-bond donors (Lipinski definition) is 0. The van der Waals surface area contributed by atoms with Crippen LogP contribution >= 0.6 is 15.9 Å². The van der Waals surface area contributed by atoms with Gasteiger partial charge in [-0.2, -0.15) is 13.2 Å². The number of nitrogens with zero attached hydrogens (tertiary/aromatic N) is 1. The lowest BCUT2D eigenvalue weighted by atomic mass is 10.1.